The molecule has 0 aliphatic rings. The van der Waals surface area contributed by atoms with Gasteiger partial charge in [0.1, 0.15) is 0 Å². The maximum atomic E-state index is 11.3. The average Bonchev–Trinajstić information content (AvgIpc) is 2.63. The summed E-state index contributed by atoms with van der Waals surface area (Å²) in [5.74, 6) is -0.812. The number of anilines is 1. The highest BCUT2D eigenvalue weighted by Gasteiger charge is 2.04. The molecule has 0 unspecified atom stereocenters. The van der Waals surface area contributed by atoms with Gasteiger partial charge in [-0.3, -0.25) is 10.1 Å². The summed E-state index contributed by atoms with van der Waals surface area (Å²) < 4.78 is 0. The van der Waals surface area contributed by atoms with E-state index in [4.69, 9.17) is 5.11 Å². The van der Waals surface area contributed by atoms with E-state index in [1.165, 1.54) is 11.3 Å². The minimum atomic E-state index is -0.812. The lowest BCUT2D eigenvalue weighted by atomic mass is 10.2. The van der Waals surface area contributed by atoms with Gasteiger partial charge in [-0.1, -0.05) is 0 Å². The zero-order chi connectivity index (χ0) is 12.7. The van der Waals surface area contributed by atoms with Crippen LogP contribution >= 0.6 is 11.3 Å². The van der Waals surface area contributed by atoms with E-state index in [1.807, 2.05) is 12.3 Å². The Hall–Kier alpha value is -1.63. The third-order valence-corrected chi connectivity index (χ3v) is 2.82. The van der Waals surface area contributed by atoms with Crippen molar-refractivity contribution in [3.63, 3.8) is 0 Å². The van der Waals surface area contributed by atoms with Gasteiger partial charge in [-0.25, -0.2) is 9.78 Å². The van der Waals surface area contributed by atoms with Crippen LogP contribution in [0.15, 0.2) is 5.38 Å². The summed E-state index contributed by atoms with van der Waals surface area (Å²) in [4.78, 5) is 25.7. The first-order chi connectivity index (χ1) is 8.08. The summed E-state index contributed by atoms with van der Waals surface area (Å²) in [5, 5.41) is 16.1. The van der Waals surface area contributed by atoms with Crippen molar-refractivity contribution in [3.8, 4) is 0 Å². The number of thiazole rings is 1. The Morgan fingerprint density at radius 3 is 2.82 bits per heavy atom. The van der Waals surface area contributed by atoms with E-state index < -0.39 is 5.97 Å². The maximum absolute atomic E-state index is 11.3. The monoisotopic (exact) mass is 257 g/mol. The number of unbranched alkanes of at least 4 members (excludes halogenated alkanes) is 1. The van der Waals surface area contributed by atoms with Gasteiger partial charge in [0.25, 0.3) is 0 Å². The van der Waals surface area contributed by atoms with Crippen molar-refractivity contribution < 1.29 is 14.7 Å². The number of amides is 2. The summed E-state index contributed by atoms with van der Waals surface area (Å²) in [6, 6.07) is -0.310. The standard InChI is InChI=1S/C10H15N3O3S/c1-7-6-17-10(12-7)13-9(16)11-5-3-2-4-8(14)15/h6H,2-5H2,1H3,(H,14,15)(H2,11,12,13,16). The predicted molar refractivity (Wildman–Crippen MR) is 65.4 cm³/mol. The summed E-state index contributed by atoms with van der Waals surface area (Å²) >= 11 is 1.36. The molecule has 0 fully saturated rings. The third kappa shape index (κ3) is 5.86. The number of aromatic nitrogens is 1. The van der Waals surface area contributed by atoms with Crippen molar-refractivity contribution in [2.45, 2.75) is 26.2 Å². The zero-order valence-electron chi connectivity index (χ0n) is 9.52. The molecule has 0 aliphatic heterocycles. The molecule has 0 aromatic carbocycles. The van der Waals surface area contributed by atoms with E-state index in [2.05, 4.69) is 15.6 Å². The molecule has 1 aromatic rings. The van der Waals surface area contributed by atoms with Crippen LogP contribution in [-0.2, 0) is 4.79 Å². The highest BCUT2D eigenvalue weighted by atomic mass is 32.1. The number of urea groups is 1. The Labute approximate surface area is 103 Å². The Kier molecular flexibility index (Phi) is 5.41. The molecule has 1 rings (SSSR count). The summed E-state index contributed by atoms with van der Waals surface area (Å²) in [6.45, 7) is 2.31. The highest BCUT2D eigenvalue weighted by molar-refractivity contribution is 7.13. The molecule has 0 saturated carbocycles. The SMILES string of the molecule is Cc1csc(NC(=O)NCCCCC(=O)O)n1. The second-order valence-electron chi connectivity index (χ2n) is 3.53. The molecule has 7 heteroatoms. The van der Waals surface area contributed by atoms with Gasteiger partial charge in [0, 0.05) is 18.3 Å². The molecule has 94 valence electrons. The molecule has 17 heavy (non-hydrogen) atoms. The maximum Gasteiger partial charge on any atom is 0.321 e. The Morgan fingerprint density at radius 1 is 1.47 bits per heavy atom. The summed E-state index contributed by atoms with van der Waals surface area (Å²) in [5.41, 5.74) is 0.867. The van der Waals surface area contributed by atoms with Crippen molar-refractivity contribution in [1.82, 2.24) is 10.3 Å². The second kappa shape index (κ2) is 6.85. The summed E-state index contributed by atoms with van der Waals surface area (Å²) in [6.07, 6.45) is 1.34. The van der Waals surface area contributed by atoms with Gasteiger partial charge in [0.2, 0.25) is 0 Å². The number of hydrogen-bond acceptors (Lipinski definition) is 4. The van der Waals surface area contributed by atoms with Crippen LogP contribution in [0.25, 0.3) is 0 Å². The molecule has 0 bridgehead atoms. The smallest absolute Gasteiger partial charge is 0.321 e. The van der Waals surface area contributed by atoms with Crippen LogP contribution < -0.4 is 10.6 Å². The van der Waals surface area contributed by atoms with Crippen LogP contribution in [0.4, 0.5) is 9.93 Å². The molecule has 1 heterocycles. The van der Waals surface area contributed by atoms with Crippen LogP contribution in [0.2, 0.25) is 0 Å². The zero-order valence-corrected chi connectivity index (χ0v) is 10.3. The van der Waals surface area contributed by atoms with Gasteiger partial charge < -0.3 is 10.4 Å². The molecule has 1 aromatic heterocycles. The number of nitrogens with zero attached hydrogens (tertiary/aromatic N) is 1. The number of aryl methyl sites for hydroxylation is 1. The minimum Gasteiger partial charge on any atom is -0.481 e. The molecule has 2 amide bonds. The summed E-state index contributed by atoms with van der Waals surface area (Å²) in [7, 11) is 0. The number of aliphatic carboxylic acids is 1. The fourth-order valence-electron chi connectivity index (χ4n) is 1.16. The van der Waals surface area contributed by atoms with Crippen LogP contribution in [-0.4, -0.2) is 28.6 Å². The first-order valence-corrected chi connectivity index (χ1v) is 6.14. The lowest BCUT2D eigenvalue weighted by Crippen LogP contribution is -2.29. The molecule has 6 nitrogen and oxygen atoms in total. The van der Waals surface area contributed by atoms with Gasteiger partial charge in [-0.15, -0.1) is 11.3 Å². The van der Waals surface area contributed by atoms with Crippen molar-refractivity contribution >= 4 is 28.5 Å². The molecule has 0 aliphatic carbocycles. The van der Waals surface area contributed by atoms with Gasteiger partial charge in [-0.2, -0.15) is 0 Å². The Bertz CT molecular complexity index is 392. The van der Waals surface area contributed by atoms with Crippen molar-refractivity contribution in [2.75, 3.05) is 11.9 Å². The molecular formula is C10H15N3O3S. The quantitative estimate of drug-likeness (QED) is 0.678. The van der Waals surface area contributed by atoms with Gasteiger partial charge in [0.05, 0.1) is 5.69 Å². The average molecular weight is 257 g/mol. The topological polar surface area (TPSA) is 91.3 Å². The van der Waals surface area contributed by atoms with E-state index in [0.717, 1.165) is 5.69 Å². The Balaban J connectivity index is 2.11. The van der Waals surface area contributed by atoms with Crippen LogP contribution in [0.3, 0.4) is 0 Å². The van der Waals surface area contributed by atoms with Gasteiger partial charge in [-0.05, 0) is 19.8 Å². The number of carbonyl (C=O) groups excluding carboxylic acids is 1. The van der Waals surface area contributed by atoms with Crippen LogP contribution in [0.5, 0.6) is 0 Å². The highest BCUT2D eigenvalue weighted by Crippen LogP contribution is 2.13. The van der Waals surface area contributed by atoms with E-state index in [9.17, 15) is 9.59 Å². The normalized spacial score (nSPS) is 9.94. The Morgan fingerprint density at radius 2 is 2.24 bits per heavy atom. The first-order valence-electron chi connectivity index (χ1n) is 5.26. The lowest BCUT2D eigenvalue weighted by molar-refractivity contribution is -0.137. The second-order valence-corrected chi connectivity index (χ2v) is 4.38. The number of carboxylic acids is 1. The van der Waals surface area contributed by atoms with Gasteiger partial charge in [0.15, 0.2) is 5.13 Å². The van der Waals surface area contributed by atoms with Crippen LogP contribution in [0, 0.1) is 6.92 Å². The molecule has 0 atom stereocenters. The molecule has 0 saturated heterocycles. The number of nitrogens with one attached hydrogen (secondary N) is 2. The van der Waals surface area contributed by atoms with Crippen LogP contribution in [0.1, 0.15) is 25.0 Å². The number of carbonyl (C=O) groups is 2. The lowest BCUT2D eigenvalue weighted by Gasteiger charge is -2.04. The molecule has 3 N–H and O–H groups in total. The molecule has 0 spiro atoms. The van der Waals surface area contributed by atoms with E-state index in [0.29, 0.717) is 24.5 Å². The van der Waals surface area contributed by atoms with E-state index in [1.54, 1.807) is 0 Å². The van der Waals surface area contributed by atoms with Crippen molar-refractivity contribution in [1.29, 1.82) is 0 Å². The van der Waals surface area contributed by atoms with Crippen molar-refractivity contribution in [2.24, 2.45) is 0 Å². The fraction of sp³-hybridized carbons (Fsp3) is 0.500. The molecular weight excluding hydrogens is 242 g/mol. The molecule has 0 radical (unpaired) electrons. The van der Waals surface area contributed by atoms with E-state index >= 15 is 0 Å². The fourth-order valence-corrected chi connectivity index (χ4v) is 1.84. The number of rotatable bonds is 6. The first kappa shape index (κ1) is 13.4. The third-order valence-electron chi connectivity index (χ3n) is 1.94. The largest absolute Gasteiger partial charge is 0.481 e. The predicted octanol–water partition coefficient (Wildman–Crippen LogP) is 1.83. The van der Waals surface area contributed by atoms with Crippen molar-refractivity contribution in [3.05, 3.63) is 11.1 Å². The number of carboxylic acid groups (broad SMARTS) is 1. The number of hydrogen-bond donors (Lipinski definition) is 3. The minimum absolute atomic E-state index is 0.134. The van der Waals surface area contributed by atoms with Gasteiger partial charge >= 0.3 is 12.0 Å². The van der Waals surface area contributed by atoms with E-state index in [-0.39, 0.29) is 12.5 Å².